The van der Waals surface area contributed by atoms with Crippen molar-refractivity contribution < 1.29 is 9.15 Å². The summed E-state index contributed by atoms with van der Waals surface area (Å²) in [6.45, 7) is 8.44. The minimum atomic E-state index is 0.336. The Balaban J connectivity index is 1.79. The maximum Gasteiger partial charge on any atom is 0.118 e. The standard InChI is InChI=1S/C16H23N3O2/c1-4-19-9-13-7-18(10-15-6-5-12(2)21-15)8-14(11-20-3)16(13)17-19/h5-6,9,14H,4,7-8,10-11H2,1-3H3. The van der Waals surface area contributed by atoms with Crippen LogP contribution in [0.4, 0.5) is 0 Å². The Labute approximate surface area is 125 Å². The molecular weight excluding hydrogens is 266 g/mol. The predicted molar refractivity (Wildman–Crippen MR) is 80.1 cm³/mol. The number of nitrogens with zero attached hydrogens (tertiary/aromatic N) is 3. The third-order valence-corrected chi connectivity index (χ3v) is 4.00. The summed E-state index contributed by atoms with van der Waals surface area (Å²) in [7, 11) is 1.76. The van der Waals surface area contributed by atoms with Crippen LogP contribution < -0.4 is 0 Å². The fraction of sp³-hybridized carbons (Fsp3) is 0.562. The lowest BCUT2D eigenvalue weighted by Gasteiger charge is -2.30. The molecule has 3 rings (SSSR count). The monoisotopic (exact) mass is 289 g/mol. The van der Waals surface area contributed by atoms with Crippen LogP contribution in [0.5, 0.6) is 0 Å². The minimum Gasteiger partial charge on any atom is -0.465 e. The van der Waals surface area contributed by atoms with E-state index in [0.29, 0.717) is 12.5 Å². The zero-order valence-corrected chi connectivity index (χ0v) is 13.0. The number of aromatic nitrogens is 2. The van der Waals surface area contributed by atoms with Crippen LogP contribution in [0, 0.1) is 6.92 Å². The average Bonchev–Trinajstić information content (AvgIpc) is 3.05. The molecule has 2 aromatic heterocycles. The molecule has 0 amide bonds. The van der Waals surface area contributed by atoms with Crippen LogP contribution in [0.1, 0.15) is 35.6 Å². The highest BCUT2D eigenvalue weighted by Gasteiger charge is 2.28. The van der Waals surface area contributed by atoms with Gasteiger partial charge in [0.2, 0.25) is 0 Å². The fourth-order valence-corrected chi connectivity index (χ4v) is 3.05. The van der Waals surface area contributed by atoms with Crippen LogP contribution in [-0.2, 0) is 24.4 Å². The number of hydrogen-bond acceptors (Lipinski definition) is 4. The summed E-state index contributed by atoms with van der Waals surface area (Å²) in [5, 5.41) is 4.70. The molecule has 1 aliphatic rings. The molecule has 0 N–H and O–H groups in total. The van der Waals surface area contributed by atoms with Crippen molar-refractivity contribution in [3.63, 3.8) is 0 Å². The zero-order valence-electron chi connectivity index (χ0n) is 13.0. The highest BCUT2D eigenvalue weighted by molar-refractivity contribution is 5.25. The van der Waals surface area contributed by atoms with Crippen molar-refractivity contribution in [3.05, 3.63) is 41.1 Å². The third-order valence-electron chi connectivity index (χ3n) is 4.00. The third kappa shape index (κ3) is 3.04. The molecule has 0 bridgehead atoms. The first-order valence-corrected chi connectivity index (χ1v) is 7.52. The SMILES string of the molecule is CCn1cc2c(n1)C(COC)CN(Cc1ccc(C)o1)C2. The molecule has 114 valence electrons. The Morgan fingerprint density at radius 2 is 2.29 bits per heavy atom. The molecule has 0 fully saturated rings. The summed E-state index contributed by atoms with van der Waals surface area (Å²) in [5.74, 6) is 2.33. The molecule has 0 aromatic carbocycles. The molecule has 3 heterocycles. The van der Waals surface area contributed by atoms with Crippen molar-refractivity contribution in [3.8, 4) is 0 Å². The number of furan rings is 1. The van der Waals surface area contributed by atoms with E-state index in [0.717, 1.165) is 37.7 Å². The number of methoxy groups -OCH3 is 1. The number of aryl methyl sites for hydroxylation is 2. The van der Waals surface area contributed by atoms with Gasteiger partial charge < -0.3 is 9.15 Å². The Hall–Kier alpha value is -1.59. The van der Waals surface area contributed by atoms with E-state index in [1.54, 1.807) is 7.11 Å². The fourth-order valence-electron chi connectivity index (χ4n) is 3.05. The molecule has 5 heteroatoms. The summed E-state index contributed by atoms with van der Waals surface area (Å²) in [4.78, 5) is 2.41. The van der Waals surface area contributed by atoms with E-state index in [1.165, 1.54) is 11.3 Å². The van der Waals surface area contributed by atoms with Gasteiger partial charge in [-0.15, -0.1) is 0 Å². The number of ether oxygens (including phenoxy) is 1. The van der Waals surface area contributed by atoms with Crippen molar-refractivity contribution in [2.45, 2.75) is 39.4 Å². The van der Waals surface area contributed by atoms with Gasteiger partial charge in [-0.2, -0.15) is 5.10 Å². The Bertz CT molecular complexity index is 602. The second kappa shape index (κ2) is 6.03. The second-order valence-electron chi connectivity index (χ2n) is 5.73. The normalized spacial score (nSPS) is 18.9. The Morgan fingerprint density at radius 1 is 1.43 bits per heavy atom. The van der Waals surface area contributed by atoms with Crippen LogP contribution in [0.15, 0.2) is 22.7 Å². The van der Waals surface area contributed by atoms with Gasteiger partial charge >= 0.3 is 0 Å². The second-order valence-corrected chi connectivity index (χ2v) is 5.73. The van der Waals surface area contributed by atoms with Crippen molar-refractivity contribution >= 4 is 0 Å². The minimum absolute atomic E-state index is 0.336. The van der Waals surface area contributed by atoms with Gasteiger partial charge in [0.1, 0.15) is 11.5 Å². The van der Waals surface area contributed by atoms with E-state index >= 15 is 0 Å². The van der Waals surface area contributed by atoms with E-state index in [4.69, 9.17) is 14.3 Å². The first-order chi connectivity index (χ1) is 10.2. The molecule has 5 nitrogen and oxygen atoms in total. The number of fused-ring (bicyclic) bond motifs is 1. The van der Waals surface area contributed by atoms with Crippen LogP contribution in [0.3, 0.4) is 0 Å². The maximum absolute atomic E-state index is 5.70. The number of hydrogen-bond donors (Lipinski definition) is 0. The Kier molecular flexibility index (Phi) is 4.12. The van der Waals surface area contributed by atoms with Crippen molar-refractivity contribution in [2.75, 3.05) is 20.3 Å². The van der Waals surface area contributed by atoms with Crippen LogP contribution in [0.2, 0.25) is 0 Å². The molecule has 1 aliphatic heterocycles. The van der Waals surface area contributed by atoms with E-state index in [9.17, 15) is 0 Å². The van der Waals surface area contributed by atoms with Gasteiger partial charge in [0.25, 0.3) is 0 Å². The van der Waals surface area contributed by atoms with Gasteiger partial charge in [0.15, 0.2) is 0 Å². The molecular formula is C16H23N3O2. The average molecular weight is 289 g/mol. The van der Waals surface area contributed by atoms with Gasteiger partial charge in [-0.3, -0.25) is 9.58 Å². The molecule has 0 radical (unpaired) electrons. The zero-order chi connectivity index (χ0) is 14.8. The summed E-state index contributed by atoms with van der Waals surface area (Å²) < 4.78 is 13.1. The molecule has 1 unspecified atom stereocenters. The molecule has 0 saturated carbocycles. The van der Waals surface area contributed by atoms with Gasteiger partial charge in [-0.25, -0.2) is 0 Å². The van der Waals surface area contributed by atoms with Crippen molar-refractivity contribution in [1.29, 1.82) is 0 Å². The molecule has 0 aliphatic carbocycles. The van der Waals surface area contributed by atoms with Gasteiger partial charge in [-0.05, 0) is 26.0 Å². The van der Waals surface area contributed by atoms with Gasteiger partial charge in [0, 0.05) is 44.4 Å². The summed E-state index contributed by atoms with van der Waals surface area (Å²) in [5.41, 5.74) is 2.51. The largest absolute Gasteiger partial charge is 0.465 e. The summed E-state index contributed by atoms with van der Waals surface area (Å²) in [6, 6.07) is 4.08. The molecule has 1 atom stereocenters. The van der Waals surface area contributed by atoms with E-state index < -0.39 is 0 Å². The lowest BCUT2D eigenvalue weighted by Crippen LogP contribution is -2.34. The van der Waals surface area contributed by atoms with Crippen LogP contribution in [-0.4, -0.2) is 34.9 Å². The number of rotatable bonds is 5. The lowest BCUT2D eigenvalue weighted by molar-refractivity contribution is 0.130. The quantitative estimate of drug-likeness (QED) is 0.848. The molecule has 21 heavy (non-hydrogen) atoms. The van der Waals surface area contributed by atoms with Crippen LogP contribution in [0.25, 0.3) is 0 Å². The smallest absolute Gasteiger partial charge is 0.118 e. The summed E-state index contributed by atoms with van der Waals surface area (Å²) in [6.07, 6.45) is 2.16. The van der Waals surface area contributed by atoms with E-state index in [-0.39, 0.29) is 0 Å². The highest BCUT2D eigenvalue weighted by Crippen LogP contribution is 2.28. The predicted octanol–water partition coefficient (Wildman–Crippen LogP) is 2.55. The van der Waals surface area contributed by atoms with Gasteiger partial charge in [0.05, 0.1) is 18.8 Å². The summed E-state index contributed by atoms with van der Waals surface area (Å²) >= 11 is 0. The topological polar surface area (TPSA) is 43.4 Å². The van der Waals surface area contributed by atoms with Crippen molar-refractivity contribution in [1.82, 2.24) is 14.7 Å². The maximum atomic E-state index is 5.70. The molecule has 0 saturated heterocycles. The van der Waals surface area contributed by atoms with E-state index in [1.807, 2.05) is 17.7 Å². The molecule has 2 aromatic rings. The van der Waals surface area contributed by atoms with Crippen molar-refractivity contribution in [2.24, 2.45) is 0 Å². The Morgan fingerprint density at radius 3 is 2.95 bits per heavy atom. The highest BCUT2D eigenvalue weighted by atomic mass is 16.5. The molecule has 0 spiro atoms. The first kappa shape index (κ1) is 14.4. The van der Waals surface area contributed by atoms with Crippen LogP contribution >= 0.6 is 0 Å². The lowest BCUT2D eigenvalue weighted by atomic mass is 9.97. The van der Waals surface area contributed by atoms with E-state index in [2.05, 4.69) is 24.1 Å². The first-order valence-electron chi connectivity index (χ1n) is 7.52. The van der Waals surface area contributed by atoms with Gasteiger partial charge in [-0.1, -0.05) is 0 Å².